The fraction of sp³-hybridized carbons (Fsp3) is 0.611. The summed E-state index contributed by atoms with van der Waals surface area (Å²) in [6, 6.07) is 7.38. The van der Waals surface area contributed by atoms with E-state index in [2.05, 4.69) is 10.6 Å². The van der Waals surface area contributed by atoms with Crippen molar-refractivity contribution in [3.63, 3.8) is 0 Å². The summed E-state index contributed by atoms with van der Waals surface area (Å²) in [5.41, 5.74) is 0.265. The van der Waals surface area contributed by atoms with E-state index in [9.17, 15) is 9.18 Å². The van der Waals surface area contributed by atoms with E-state index >= 15 is 0 Å². The van der Waals surface area contributed by atoms with E-state index in [1.54, 1.807) is 6.07 Å². The van der Waals surface area contributed by atoms with Crippen LogP contribution in [0.1, 0.15) is 45.6 Å². The molecule has 0 aliphatic heterocycles. The summed E-state index contributed by atoms with van der Waals surface area (Å²) in [4.78, 5) is 11.8. The van der Waals surface area contributed by atoms with Crippen LogP contribution in [0.25, 0.3) is 0 Å². The lowest BCUT2D eigenvalue weighted by Crippen LogP contribution is -2.39. The van der Waals surface area contributed by atoms with Gasteiger partial charge >= 0.3 is 6.09 Å². The minimum Gasteiger partial charge on any atom is -0.444 e. The molecule has 1 aliphatic carbocycles. The average Bonchev–Trinajstić information content (AvgIpc) is 2.86. The number of alkyl carbamates (subject to hydrolysis) is 1. The summed E-state index contributed by atoms with van der Waals surface area (Å²) in [6.07, 6.45) is 3.16. The summed E-state index contributed by atoms with van der Waals surface area (Å²) in [6.45, 7) is 6.31. The molecule has 5 heteroatoms. The zero-order valence-corrected chi connectivity index (χ0v) is 14.2. The smallest absolute Gasteiger partial charge is 0.407 e. The van der Waals surface area contributed by atoms with Gasteiger partial charge in [0.2, 0.25) is 0 Å². The Hall–Kier alpha value is -1.62. The number of carbonyl (C=O) groups is 1. The number of hydrogen-bond acceptors (Lipinski definition) is 3. The molecule has 0 bridgehead atoms. The summed E-state index contributed by atoms with van der Waals surface area (Å²) < 4.78 is 18.8. The van der Waals surface area contributed by atoms with Gasteiger partial charge in [-0.2, -0.15) is 0 Å². The molecule has 23 heavy (non-hydrogen) atoms. The molecule has 128 valence electrons. The van der Waals surface area contributed by atoms with Crippen LogP contribution in [0.15, 0.2) is 24.3 Å². The van der Waals surface area contributed by atoms with Crippen LogP contribution in [0.4, 0.5) is 9.18 Å². The molecular weight excluding hydrogens is 295 g/mol. The van der Waals surface area contributed by atoms with Crippen LogP contribution in [-0.4, -0.2) is 30.3 Å². The predicted molar refractivity (Wildman–Crippen MR) is 88.9 cm³/mol. The van der Waals surface area contributed by atoms with Crippen molar-refractivity contribution in [2.24, 2.45) is 0 Å². The summed E-state index contributed by atoms with van der Waals surface area (Å²) in [5, 5.41) is 6.37. The Labute approximate surface area is 137 Å². The second kappa shape index (κ2) is 7.77. The molecule has 0 saturated heterocycles. The summed E-state index contributed by atoms with van der Waals surface area (Å²) >= 11 is 0. The molecule has 1 aliphatic rings. The molecule has 2 rings (SSSR count). The highest BCUT2D eigenvalue weighted by atomic mass is 19.1. The van der Waals surface area contributed by atoms with Crippen molar-refractivity contribution < 1.29 is 13.9 Å². The molecule has 0 heterocycles. The molecule has 2 atom stereocenters. The third-order valence-corrected chi connectivity index (χ3v) is 3.94. The van der Waals surface area contributed by atoms with E-state index in [1.165, 1.54) is 6.07 Å². The highest BCUT2D eigenvalue weighted by Gasteiger charge is 2.27. The van der Waals surface area contributed by atoms with Gasteiger partial charge in [-0.25, -0.2) is 9.18 Å². The lowest BCUT2D eigenvalue weighted by Gasteiger charge is -2.21. The van der Waals surface area contributed by atoms with Gasteiger partial charge in [0, 0.05) is 12.1 Å². The lowest BCUT2D eigenvalue weighted by molar-refractivity contribution is 0.0505. The maximum atomic E-state index is 13.5. The minimum absolute atomic E-state index is 0.148. The van der Waals surface area contributed by atoms with Crippen molar-refractivity contribution in [3.8, 4) is 0 Å². The molecule has 1 aromatic rings. The number of hydrogen-bond donors (Lipinski definition) is 2. The van der Waals surface area contributed by atoms with Crippen molar-refractivity contribution in [2.75, 3.05) is 6.54 Å². The number of benzene rings is 1. The van der Waals surface area contributed by atoms with Gasteiger partial charge in [0.15, 0.2) is 0 Å². The quantitative estimate of drug-likeness (QED) is 0.873. The molecular formula is C18H27FN2O2. The first-order valence-electron chi connectivity index (χ1n) is 8.30. The zero-order chi connectivity index (χ0) is 16.9. The Morgan fingerprint density at radius 1 is 1.26 bits per heavy atom. The Morgan fingerprint density at radius 2 is 1.96 bits per heavy atom. The maximum absolute atomic E-state index is 13.5. The Kier molecular flexibility index (Phi) is 5.99. The van der Waals surface area contributed by atoms with Crippen LogP contribution < -0.4 is 10.6 Å². The van der Waals surface area contributed by atoms with Crippen molar-refractivity contribution in [2.45, 2.75) is 64.1 Å². The molecule has 0 spiro atoms. The molecule has 4 nitrogen and oxygen atoms in total. The van der Waals surface area contributed by atoms with E-state index in [-0.39, 0.29) is 18.0 Å². The van der Waals surface area contributed by atoms with Crippen molar-refractivity contribution in [1.29, 1.82) is 0 Å². The number of ether oxygens (including phenoxy) is 1. The number of rotatable bonds is 5. The van der Waals surface area contributed by atoms with Crippen LogP contribution in [-0.2, 0) is 11.2 Å². The van der Waals surface area contributed by atoms with Gasteiger partial charge in [0.1, 0.15) is 11.4 Å². The molecule has 2 N–H and O–H groups in total. The van der Waals surface area contributed by atoms with Gasteiger partial charge in [-0.05, 0) is 64.6 Å². The van der Waals surface area contributed by atoms with Crippen LogP contribution in [0.5, 0.6) is 0 Å². The molecule has 0 aromatic heterocycles. The molecule has 1 saturated carbocycles. The normalized spacial score (nSPS) is 21.2. The third-order valence-electron chi connectivity index (χ3n) is 3.94. The number of amides is 1. The maximum Gasteiger partial charge on any atom is 0.407 e. The van der Waals surface area contributed by atoms with Gasteiger partial charge in [-0.1, -0.05) is 18.2 Å². The van der Waals surface area contributed by atoms with Crippen LogP contribution in [0.2, 0.25) is 0 Å². The van der Waals surface area contributed by atoms with Crippen LogP contribution in [0.3, 0.4) is 0 Å². The Bertz CT molecular complexity index is 528. The number of halogens is 1. The average molecular weight is 322 g/mol. The van der Waals surface area contributed by atoms with Gasteiger partial charge in [0.25, 0.3) is 0 Å². The van der Waals surface area contributed by atoms with Gasteiger partial charge in [0.05, 0.1) is 0 Å². The van der Waals surface area contributed by atoms with Gasteiger partial charge in [-0.3, -0.25) is 0 Å². The highest BCUT2D eigenvalue weighted by Crippen LogP contribution is 2.20. The van der Waals surface area contributed by atoms with E-state index in [4.69, 9.17) is 4.74 Å². The largest absolute Gasteiger partial charge is 0.444 e. The Morgan fingerprint density at radius 3 is 2.65 bits per heavy atom. The fourth-order valence-electron chi connectivity index (χ4n) is 2.88. The topological polar surface area (TPSA) is 50.4 Å². The van der Waals surface area contributed by atoms with Crippen LogP contribution >= 0.6 is 0 Å². The minimum atomic E-state index is -0.472. The highest BCUT2D eigenvalue weighted by molar-refractivity contribution is 5.68. The van der Waals surface area contributed by atoms with Crippen molar-refractivity contribution >= 4 is 6.09 Å². The van der Waals surface area contributed by atoms with Crippen molar-refractivity contribution in [1.82, 2.24) is 10.6 Å². The fourth-order valence-corrected chi connectivity index (χ4v) is 2.88. The summed E-state index contributed by atoms with van der Waals surface area (Å²) in [5.74, 6) is -0.148. The predicted octanol–water partition coefficient (Wildman–Crippen LogP) is 3.40. The van der Waals surface area contributed by atoms with E-state index in [1.807, 2.05) is 32.9 Å². The second-order valence-electron chi connectivity index (χ2n) is 7.15. The van der Waals surface area contributed by atoms with E-state index in [0.29, 0.717) is 12.5 Å². The van der Waals surface area contributed by atoms with Crippen molar-refractivity contribution in [3.05, 3.63) is 35.6 Å². The van der Waals surface area contributed by atoms with Gasteiger partial charge < -0.3 is 15.4 Å². The van der Waals surface area contributed by atoms with Gasteiger partial charge in [-0.15, -0.1) is 0 Å². The van der Waals surface area contributed by atoms with Crippen LogP contribution in [0, 0.1) is 5.82 Å². The zero-order valence-electron chi connectivity index (χ0n) is 14.2. The molecule has 1 aromatic carbocycles. The number of carbonyl (C=O) groups excluding carboxylic acids is 1. The first-order chi connectivity index (χ1) is 10.8. The number of nitrogens with one attached hydrogen (secondary N) is 2. The second-order valence-corrected chi connectivity index (χ2v) is 7.15. The van der Waals surface area contributed by atoms with E-state index in [0.717, 1.165) is 31.4 Å². The van der Waals surface area contributed by atoms with E-state index < -0.39 is 5.60 Å². The first-order valence-corrected chi connectivity index (χ1v) is 8.30. The lowest BCUT2D eigenvalue weighted by atomic mass is 10.1. The monoisotopic (exact) mass is 322 g/mol. The molecule has 2 unspecified atom stereocenters. The summed E-state index contributed by atoms with van der Waals surface area (Å²) in [7, 11) is 0. The molecule has 1 amide bonds. The molecule has 1 fully saturated rings. The third kappa shape index (κ3) is 6.18. The standard InChI is InChI=1S/C18H27FN2O2/c1-18(2,3)23-17(22)21-15-9-8-14(12-15)20-11-10-13-6-4-5-7-16(13)19/h4-7,14-15,20H,8-12H2,1-3H3,(H,21,22). The first kappa shape index (κ1) is 17.7. The molecule has 0 radical (unpaired) electrons. The Balaban J connectivity index is 1.67. The SMILES string of the molecule is CC(C)(C)OC(=O)NC1CCC(NCCc2ccccc2F)C1.